The summed E-state index contributed by atoms with van der Waals surface area (Å²) in [5, 5.41) is 9.38. The first-order valence-corrected chi connectivity index (χ1v) is 22.4. The Hall–Kier alpha value is -2.34. The van der Waals surface area contributed by atoms with Crippen LogP contribution in [0.3, 0.4) is 0 Å². The maximum atomic E-state index is 4.75. The normalized spacial score (nSPS) is 10.8. The van der Waals surface area contributed by atoms with Crippen molar-refractivity contribution in [3.05, 3.63) is 120 Å². The Kier molecular flexibility index (Phi) is 17.2. The standard InChI is InChI=1S/2C18H25N2Si.2CH3.Zr/c2*1-13-10-14(2)18(15(3)11-13)16-8-7-9-17(20-16)19-12-21(4,5)6;;;/h2*7-11H,12H2,1-6H3;2*1H3;/q4*-1;+4. The summed E-state index contributed by atoms with van der Waals surface area (Å²) >= 11 is 0. The van der Waals surface area contributed by atoms with Crippen LogP contribution >= 0.6 is 0 Å². The van der Waals surface area contributed by atoms with Gasteiger partial charge in [0.15, 0.2) is 0 Å². The Morgan fingerprint density at radius 2 is 0.800 bits per heavy atom. The molecule has 0 spiro atoms. The summed E-state index contributed by atoms with van der Waals surface area (Å²) in [7, 11) is -2.35. The van der Waals surface area contributed by atoms with Gasteiger partial charge in [0.05, 0.1) is 0 Å². The molecule has 0 aliphatic rings. The van der Waals surface area contributed by atoms with E-state index in [2.05, 4.69) is 129 Å². The molecule has 0 aliphatic heterocycles. The van der Waals surface area contributed by atoms with Crippen molar-refractivity contribution in [1.82, 2.24) is 9.97 Å². The number of hydrogen-bond acceptors (Lipinski definition) is 2. The van der Waals surface area contributed by atoms with E-state index in [1.807, 2.05) is 12.1 Å². The zero-order valence-corrected chi connectivity index (χ0v) is 34.9. The molecule has 2 heterocycles. The second kappa shape index (κ2) is 18.1. The second-order valence-electron chi connectivity index (χ2n) is 14.1. The molecular weight excluding hydrogens is 660 g/mol. The molecule has 0 amide bonds. The molecule has 0 bridgehead atoms. The van der Waals surface area contributed by atoms with Gasteiger partial charge >= 0.3 is 26.2 Å². The second-order valence-corrected chi connectivity index (χ2v) is 24.9. The Labute approximate surface area is 297 Å². The Bertz CT molecular complexity index is 1360. The van der Waals surface area contributed by atoms with Gasteiger partial charge in [-0.15, -0.1) is 0 Å². The van der Waals surface area contributed by atoms with Gasteiger partial charge in [-0.05, 0) is 86.3 Å². The van der Waals surface area contributed by atoms with Gasteiger partial charge < -0.3 is 35.5 Å². The minimum atomic E-state index is -1.17. The predicted octanol–water partition coefficient (Wildman–Crippen LogP) is 12.0. The SMILES string of the molecule is Cc1cc(C)c(-c2cccc([N-]C[Si](C)(C)C)n2)c(C)c1.Cc1cc(C)c(-c2cccc([N-]C[Si](C)(C)C)n2)c(C)c1.[CH3-].[CH3-].[Zr+4]. The van der Waals surface area contributed by atoms with Crippen LogP contribution in [0.25, 0.3) is 33.1 Å². The number of benzene rings is 2. The molecule has 0 atom stereocenters. The van der Waals surface area contributed by atoms with E-state index in [0.717, 1.165) is 35.4 Å². The van der Waals surface area contributed by atoms with Crippen molar-refractivity contribution < 1.29 is 26.2 Å². The van der Waals surface area contributed by atoms with E-state index in [1.54, 1.807) is 0 Å². The van der Waals surface area contributed by atoms with E-state index in [0.29, 0.717) is 0 Å². The van der Waals surface area contributed by atoms with E-state index in [4.69, 9.17) is 20.6 Å². The summed E-state index contributed by atoms with van der Waals surface area (Å²) in [5.41, 5.74) is 12.3. The van der Waals surface area contributed by atoms with E-state index in [-0.39, 0.29) is 41.1 Å². The van der Waals surface area contributed by atoms with Gasteiger partial charge in [-0.3, -0.25) is 0 Å². The quantitative estimate of drug-likeness (QED) is 0.135. The van der Waals surface area contributed by atoms with Crippen LogP contribution in [0.5, 0.6) is 0 Å². The van der Waals surface area contributed by atoms with Crippen LogP contribution in [0.15, 0.2) is 60.7 Å². The van der Waals surface area contributed by atoms with Gasteiger partial charge in [-0.2, -0.15) is 0 Å². The third kappa shape index (κ3) is 13.5. The number of rotatable bonds is 8. The van der Waals surface area contributed by atoms with Crippen molar-refractivity contribution in [3.8, 4) is 22.5 Å². The molecule has 2 aromatic carbocycles. The molecule has 0 saturated carbocycles. The van der Waals surface area contributed by atoms with Gasteiger partial charge in [0.25, 0.3) is 0 Å². The first kappa shape index (κ1) is 42.7. The average Bonchev–Trinajstić information content (AvgIpc) is 2.85. The number of nitrogens with zero attached hydrogens (tertiary/aromatic N) is 4. The van der Waals surface area contributed by atoms with Gasteiger partial charge in [0.1, 0.15) is 0 Å². The third-order valence-corrected chi connectivity index (χ3v) is 8.98. The van der Waals surface area contributed by atoms with E-state index >= 15 is 0 Å². The van der Waals surface area contributed by atoms with E-state index in [1.165, 1.54) is 44.5 Å². The van der Waals surface area contributed by atoms with Crippen molar-refractivity contribution in [1.29, 1.82) is 0 Å². The Morgan fingerprint density at radius 1 is 0.511 bits per heavy atom. The van der Waals surface area contributed by atoms with Crippen LogP contribution < -0.4 is 0 Å². The van der Waals surface area contributed by atoms with Crippen LogP contribution in [0, 0.1) is 56.4 Å². The van der Waals surface area contributed by atoms with E-state index in [9.17, 15) is 0 Å². The van der Waals surface area contributed by atoms with Gasteiger partial charge in [-0.1, -0.05) is 135 Å². The number of pyridine rings is 2. The fourth-order valence-electron chi connectivity index (χ4n) is 5.11. The molecule has 4 nitrogen and oxygen atoms in total. The van der Waals surface area contributed by atoms with Crippen molar-refractivity contribution in [2.75, 3.05) is 12.3 Å². The fourth-order valence-corrected chi connectivity index (χ4v) is 6.38. The summed E-state index contributed by atoms with van der Waals surface area (Å²) in [6.07, 6.45) is 1.85. The molecule has 0 unspecified atom stereocenters. The van der Waals surface area contributed by atoms with Crippen molar-refractivity contribution >= 4 is 27.8 Å². The van der Waals surface area contributed by atoms with Crippen molar-refractivity contribution in [3.63, 3.8) is 0 Å². The van der Waals surface area contributed by atoms with Crippen LogP contribution in [0.4, 0.5) is 11.6 Å². The summed E-state index contributed by atoms with van der Waals surface area (Å²) in [5.74, 6) is 1.71. The van der Waals surface area contributed by atoms with E-state index < -0.39 is 16.1 Å². The zero-order chi connectivity index (χ0) is 31.2. The molecule has 0 radical (unpaired) electrons. The molecule has 2 aromatic heterocycles. The fraction of sp³-hybridized carbons (Fsp3) is 0.368. The molecule has 4 aromatic rings. The molecule has 240 valence electrons. The number of hydrogen-bond donors (Lipinski definition) is 0. The average molecular weight is 716 g/mol. The molecule has 0 N–H and O–H groups in total. The minimum absolute atomic E-state index is 0. The molecule has 4 rings (SSSR count). The van der Waals surface area contributed by atoms with Crippen LogP contribution in [0.2, 0.25) is 39.3 Å². The topological polar surface area (TPSA) is 54.0 Å². The van der Waals surface area contributed by atoms with Gasteiger partial charge in [-0.25, -0.2) is 0 Å². The summed E-state index contributed by atoms with van der Waals surface area (Å²) < 4.78 is 0. The largest absolute Gasteiger partial charge is 4.00 e. The molecule has 7 heteroatoms. The zero-order valence-electron chi connectivity index (χ0n) is 30.5. The minimum Gasteiger partial charge on any atom is -0.468 e. The van der Waals surface area contributed by atoms with Crippen molar-refractivity contribution in [2.24, 2.45) is 0 Å². The van der Waals surface area contributed by atoms with Gasteiger partial charge in [0.2, 0.25) is 0 Å². The summed E-state index contributed by atoms with van der Waals surface area (Å²) in [6, 6.07) is 21.2. The first-order valence-electron chi connectivity index (χ1n) is 15.0. The summed E-state index contributed by atoms with van der Waals surface area (Å²) in [6.45, 7) is 26.9. The third-order valence-electron chi connectivity index (χ3n) is 6.77. The van der Waals surface area contributed by atoms with Crippen LogP contribution in [-0.4, -0.2) is 38.5 Å². The van der Waals surface area contributed by atoms with Crippen molar-refractivity contribution in [2.45, 2.75) is 80.8 Å². The maximum Gasteiger partial charge on any atom is 4.00 e. The van der Waals surface area contributed by atoms with Crippen LogP contribution in [-0.2, 0) is 26.2 Å². The van der Waals surface area contributed by atoms with Crippen LogP contribution in [0.1, 0.15) is 33.4 Å². The van der Waals surface area contributed by atoms with Gasteiger partial charge in [0, 0.05) is 16.1 Å². The molecule has 0 saturated heterocycles. The predicted molar refractivity (Wildman–Crippen MR) is 203 cm³/mol. The smallest absolute Gasteiger partial charge is 0.468 e. The first-order chi connectivity index (χ1) is 19.5. The summed E-state index contributed by atoms with van der Waals surface area (Å²) in [4.78, 5) is 9.51. The Balaban J connectivity index is 0.000000807. The number of aromatic nitrogens is 2. The number of aryl methyl sites for hydroxylation is 6. The molecule has 45 heavy (non-hydrogen) atoms. The molecular formula is C38H56N4Si2Zr. The Morgan fingerprint density at radius 3 is 1.07 bits per heavy atom. The molecule has 0 fully saturated rings. The molecule has 0 aliphatic carbocycles. The monoisotopic (exact) mass is 714 g/mol. The maximum absolute atomic E-state index is 4.75.